The van der Waals surface area contributed by atoms with Crippen LogP contribution in [0.5, 0.6) is 5.75 Å². The number of fused-ring (bicyclic) bond motifs is 1. The molecule has 1 aromatic heterocycles. The van der Waals surface area contributed by atoms with Gasteiger partial charge >= 0.3 is 0 Å². The Balaban J connectivity index is 1.79. The summed E-state index contributed by atoms with van der Waals surface area (Å²) in [7, 11) is 1.94. The number of tetrazole rings is 1. The van der Waals surface area contributed by atoms with E-state index in [4.69, 9.17) is 4.74 Å². The van der Waals surface area contributed by atoms with Crippen molar-refractivity contribution in [1.82, 2.24) is 25.5 Å². The number of benzene rings is 1. The van der Waals surface area contributed by atoms with Gasteiger partial charge in [0, 0.05) is 6.42 Å². The number of nitrogens with one attached hydrogen (secondary N) is 1. The molecule has 0 spiro atoms. The van der Waals surface area contributed by atoms with Gasteiger partial charge in [-0.25, -0.2) is 0 Å². The summed E-state index contributed by atoms with van der Waals surface area (Å²) in [5, 5.41) is 15.1. The van der Waals surface area contributed by atoms with Gasteiger partial charge in [-0.05, 0) is 36.9 Å². The van der Waals surface area contributed by atoms with Crippen LogP contribution in [0, 0.1) is 0 Å². The quantitative estimate of drug-likeness (QED) is 0.861. The van der Waals surface area contributed by atoms with Crippen molar-refractivity contribution in [3.8, 4) is 5.75 Å². The molecule has 1 aromatic carbocycles. The fraction of sp³-hybridized carbons (Fsp3) is 0.462. The molecule has 0 bridgehead atoms. The van der Waals surface area contributed by atoms with E-state index < -0.39 is 0 Å². The predicted molar refractivity (Wildman–Crippen MR) is 70.0 cm³/mol. The van der Waals surface area contributed by atoms with Crippen LogP contribution in [-0.2, 0) is 6.42 Å². The van der Waals surface area contributed by atoms with Crippen LogP contribution >= 0.6 is 0 Å². The molecule has 0 fully saturated rings. The second-order valence-corrected chi connectivity index (χ2v) is 4.68. The minimum absolute atomic E-state index is 0.0694. The summed E-state index contributed by atoms with van der Waals surface area (Å²) in [5.74, 6) is 0.974. The molecule has 2 atom stereocenters. The first-order valence-corrected chi connectivity index (χ1v) is 6.50. The van der Waals surface area contributed by atoms with Gasteiger partial charge in [-0.3, -0.25) is 0 Å². The molecule has 1 N–H and O–H groups in total. The molecule has 19 heavy (non-hydrogen) atoms. The average molecular weight is 259 g/mol. The van der Waals surface area contributed by atoms with Crippen LogP contribution in [0.3, 0.4) is 0 Å². The Bertz CT molecular complexity index is 503. The summed E-state index contributed by atoms with van der Waals surface area (Å²) in [4.78, 5) is 1.66. The van der Waals surface area contributed by atoms with Crippen molar-refractivity contribution in [2.24, 2.45) is 0 Å². The third kappa shape index (κ3) is 2.44. The molecule has 0 radical (unpaired) electrons. The lowest BCUT2D eigenvalue weighted by Crippen LogP contribution is -2.32. The number of rotatable bonds is 5. The molecular formula is C13H17N5O. The van der Waals surface area contributed by atoms with Crippen LogP contribution in [0.1, 0.15) is 18.0 Å². The van der Waals surface area contributed by atoms with E-state index in [-0.39, 0.29) is 12.1 Å². The number of hydrogen-bond acceptors (Lipinski definition) is 5. The molecule has 6 nitrogen and oxygen atoms in total. The first kappa shape index (κ1) is 12.1. The summed E-state index contributed by atoms with van der Waals surface area (Å²) < 4.78 is 6.03. The van der Waals surface area contributed by atoms with Crippen molar-refractivity contribution in [1.29, 1.82) is 0 Å². The van der Waals surface area contributed by atoms with Gasteiger partial charge in [0.2, 0.25) is 0 Å². The third-order valence-corrected chi connectivity index (χ3v) is 3.45. The van der Waals surface area contributed by atoms with Gasteiger partial charge in [0.05, 0.1) is 0 Å². The summed E-state index contributed by atoms with van der Waals surface area (Å²) in [5.41, 5.74) is 1.25. The van der Waals surface area contributed by atoms with Crippen molar-refractivity contribution in [3.63, 3.8) is 0 Å². The molecular weight excluding hydrogens is 242 g/mol. The predicted octanol–water partition coefficient (Wildman–Crippen LogP) is 0.827. The molecule has 2 heterocycles. The highest BCUT2D eigenvalue weighted by atomic mass is 16.5. The van der Waals surface area contributed by atoms with Gasteiger partial charge < -0.3 is 10.1 Å². The number of nitrogens with zero attached hydrogens (tertiary/aromatic N) is 4. The molecule has 1 aliphatic rings. The van der Waals surface area contributed by atoms with Gasteiger partial charge in [0.25, 0.3) is 0 Å². The Morgan fingerprint density at radius 1 is 1.47 bits per heavy atom. The summed E-state index contributed by atoms with van der Waals surface area (Å²) >= 11 is 0. The second-order valence-electron chi connectivity index (χ2n) is 4.68. The zero-order valence-electron chi connectivity index (χ0n) is 10.9. The van der Waals surface area contributed by atoms with Crippen molar-refractivity contribution < 1.29 is 4.74 Å². The number of para-hydroxylation sites is 1. The molecule has 2 aromatic rings. The van der Waals surface area contributed by atoms with Gasteiger partial charge in [-0.15, -0.1) is 10.2 Å². The van der Waals surface area contributed by atoms with Crippen LogP contribution in [0.15, 0.2) is 30.6 Å². The Morgan fingerprint density at radius 2 is 2.37 bits per heavy atom. The summed E-state index contributed by atoms with van der Waals surface area (Å²) in [6, 6.07) is 8.26. The second kappa shape index (κ2) is 5.36. The topological polar surface area (TPSA) is 64.9 Å². The molecule has 0 aliphatic carbocycles. The van der Waals surface area contributed by atoms with Crippen molar-refractivity contribution in [2.75, 3.05) is 13.6 Å². The third-order valence-electron chi connectivity index (χ3n) is 3.45. The maximum absolute atomic E-state index is 6.03. The highest BCUT2D eigenvalue weighted by Crippen LogP contribution is 2.33. The fourth-order valence-corrected chi connectivity index (χ4v) is 2.49. The monoisotopic (exact) mass is 259 g/mol. The first-order valence-electron chi connectivity index (χ1n) is 6.50. The molecule has 0 saturated heterocycles. The SMILES string of the molecule is CNCCC(C1Cc2ccccc2O1)n1ncnn1. The van der Waals surface area contributed by atoms with E-state index >= 15 is 0 Å². The van der Waals surface area contributed by atoms with E-state index in [0.717, 1.165) is 25.1 Å². The van der Waals surface area contributed by atoms with Gasteiger partial charge in [0.1, 0.15) is 17.9 Å². The molecule has 2 unspecified atom stereocenters. The van der Waals surface area contributed by atoms with Crippen LogP contribution < -0.4 is 10.1 Å². The Kier molecular flexibility index (Phi) is 3.41. The van der Waals surface area contributed by atoms with Gasteiger partial charge in [-0.2, -0.15) is 4.80 Å². The van der Waals surface area contributed by atoms with Crippen molar-refractivity contribution >= 4 is 0 Å². The summed E-state index contributed by atoms with van der Waals surface area (Å²) in [6.45, 7) is 0.891. The molecule has 6 heteroatoms. The standard InChI is InChI=1S/C13H17N5O/c1-14-7-6-11(18-16-9-15-17-18)13-8-10-4-2-3-5-12(10)19-13/h2-5,9,11,13-14H,6-8H2,1H3. The zero-order valence-corrected chi connectivity index (χ0v) is 10.9. The Hall–Kier alpha value is -1.95. The molecule has 0 saturated carbocycles. The van der Waals surface area contributed by atoms with Crippen LogP contribution in [-0.4, -0.2) is 39.9 Å². The first-order chi connectivity index (χ1) is 9.38. The minimum Gasteiger partial charge on any atom is -0.487 e. The van der Waals surface area contributed by atoms with Crippen molar-refractivity contribution in [2.45, 2.75) is 25.0 Å². The lowest BCUT2D eigenvalue weighted by molar-refractivity contribution is 0.136. The highest BCUT2D eigenvalue weighted by Gasteiger charge is 2.32. The Labute approximate surface area is 111 Å². The lowest BCUT2D eigenvalue weighted by Gasteiger charge is -2.21. The highest BCUT2D eigenvalue weighted by molar-refractivity contribution is 5.37. The van der Waals surface area contributed by atoms with Gasteiger partial charge in [-0.1, -0.05) is 18.2 Å². The number of ether oxygens (including phenoxy) is 1. The van der Waals surface area contributed by atoms with E-state index in [9.17, 15) is 0 Å². The zero-order chi connectivity index (χ0) is 13.1. The van der Waals surface area contributed by atoms with E-state index in [0.29, 0.717) is 0 Å². The van der Waals surface area contributed by atoms with E-state index in [1.54, 1.807) is 4.80 Å². The molecule has 3 rings (SSSR count). The maximum atomic E-state index is 6.03. The van der Waals surface area contributed by atoms with E-state index in [2.05, 4.69) is 26.8 Å². The van der Waals surface area contributed by atoms with Crippen molar-refractivity contribution in [3.05, 3.63) is 36.2 Å². The largest absolute Gasteiger partial charge is 0.487 e. The average Bonchev–Trinajstić information content (AvgIpc) is 3.08. The maximum Gasteiger partial charge on any atom is 0.162 e. The van der Waals surface area contributed by atoms with E-state index in [1.165, 1.54) is 11.9 Å². The Morgan fingerprint density at radius 3 is 3.11 bits per heavy atom. The molecule has 100 valence electrons. The normalized spacial score (nSPS) is 18.9. The van der Waals surface area contributed by atoms with Gasteiger partial charge in [0.15, 0.2) is 6.33 Å². The van der Waals surface area contributed by atoms with Crippen LogP contribution in [0.25, 0.3) is 0 Å². The minimum atomic E-state index is 0.0694. The van der Waals surface area contributed by atoms with Crippen LogP contribution in [0.2, 0.25) is 0 Å². The lowest BCUT2D eigenvalue weighted by atomic mass is 10.0. The summed E-state index contributed by atoms with van der Waals surface area (Å²) in [6.07, 6.45) is 3.34. The fourth-order valence-electron chi connectivity index (χ4n) is 2.49. The number of aromatic nitrogens is 4. The molecule has 0 amide bonds. The smallest absolute Gasteiger partial charge is 0.162 e. The number of hydrogen-bond donors (Lipinski definition) is 1. The van der Waals surface area contributed by atoms with E-state index in [1.807, 2.05) is 25.2 Å². The van der Waals surface area contributed by atoms with Crippen LogP contribution in [0.4, 0.5) is 0 Å². The molecule has 1 aliphatic heterocycles.